The van der Waals surface area contributed by atoms with Gasteiger partial charge < -0.3 is 30.1 Å². The van der Waals surface area contributed by atoms with E-state index >= 15 is 0 Å². The Labute approximate surface area is 110 Å². The maximum absolute atomic E-state index is 11.1. The average Bonchev–Trinajstić information content (AvgIpc) is 1.60. The van der Waals surface area contributed by atoms with Crippen molar-refractivity contribution in [2.24, 2.45) is 0 Å². The molecule has 0 spiro atoms. The third kappa shape index (κ3) is 15.7. The normalized spacial score (nSPS) is 9.08. The molecule has 1 amide bonds. The summed E-state index contributed by atoms with van der Waals surface area (Å²) in [5, 5.41) is 2.94. The largest absolute Gasteiger partial charge is 4.00 e. The minimum atomic E-state index is -1.11. The van der Waals surface area contributed by atoms with Crippen LogP contribution < -0.4 is 30.1 Å². The topological polar surface area (TPSA) is 29.1 Å². The van der Waals surface area contributed by atoms with Crippen LogP contribution in [-0.2, 0) is 21.7 Å². The molecule has 0 unspecified atom stereocenters. The Kier molecular flexibility index (Phi) is 17.3. The Bertz CT molecular complexity index is 139. The SMILES string of the molecule is C[SiH](C)C(=O)NC(C)(C)C.[Cl-].[Cl-].[Ti+4]. The van der Waals surface area contributed by atoms with Crippen LogP contribution in [0.2, 0.25) is 13.1 Å². The van der Waals surface area contributed by atoms with E-state index in [-0.39, 0.29) is 57.6 Å². The maximum Gasteiger partial charge on any atom is 4.00 e. The Morgan fingerprint density at radius 1 is 1.15 bits per heavy atom. The monoisotopic (exact) mass is 277 g/mol. The maximum atomic E-state index is 11.1. The van der Waals surface area contributed by atoms with Crippen molar-refractivity contribution in [2.75, 3.05) is 0 Å². The van der Waals surface area contributed by atoms with Crippen molar-refractivity contribution < 1.29 is 51.3 Å². The second kappa shape index (κ2) is 9.53. The molecule has 6 heteroatoms. The first-order chi connectivity index (χ1) is 4.33. The quantitative estimate of drug-likeness (QED) is 0.482. The molecule has 0 aliphatic heterocycles. The number of amides is 1. The summed E-state index contributed by atoms with van der Waals surface area (Å²) < 4.78 is 0. The van der Waals surface area contributed by atoms with Crippen molar-refractivity contribution in [3.05, 3.63) is 0 Å². The van der Waals surface area contributed by atoms with Crippen molar-refractivity contribution >= 4 is 14.3 Å². The van der Waals surface area contributed by atoms with E-state index in [1.807, 2.05) is 33.9 Å². The summed E-state index contributed by atoms with van der Waals surface area (Å²) in [5.41, 5.74) is 0.196. The second-order valence-electron chi connectivity index (χ2n) is 3.89. The third-order valence-electron chi connectivity index (χ3n) is 1.02. The molecule has 0 aliphatic carbocycles. The smallest absolute Gasteiger partial charge is 1.00 e. The van der Waals surface area contributed by atoms with Crippen LogP contribution in [-0.4, -0.2) is 19.9 Å². The number of nitrogens with one attached hydrogen (secondary N) is 1. The molecule has 13 heavy (non-hydrogen) atoms. The average molecular weight is 278 g/mol. The van der Waals surface area contributed by atoms with Crippen LogP contribution in [0.3, 0.4) is 0 Å². The van der Waals surface area contributed by atoms with E-state index < -0.39 is 8.80 Å². The van der Waals surface area contributed by atoms with E-state index in [1.165, 1.54) is 0 Å². The molecule has 0 saturated carbocycles. The molecular weight excluding hydrogens is 261 g/mol. The van der Waals surface area contributed by atoms with Gasteiger partial charge in [0.2, 0.25) is 0 Å². The fraction of sp³-hybridized carbons (Fsp3) is 0.857. The third-order valence-corrected chi connectivity index (χ3v) is 2.22. The summed E-state index contributed by atoms with van der Waals surface area (Å²) in [6.07, 6.45) is 0. The van der Waals surface area contributed by atoms with Gasteiger partial charge in [-0.1, -0.05) is 13.1 Å². The fourth-order valence-electron chi connectivity index (χ4n) is 0.514. The van der Waals surface area contributed by atoms with Crippen LogP contribution in [0.15, 0.2) is 0 Å². The van der Waals surface area contributed by atoms with Crippen molar-refractivity contribution in [1.29, 1.82) is 0 Å². The number of halogens is 2. The van der Waals surface area contributed by atoms with Gasteiger partial charge >= 0.3 is 21.7 Å². The first kappa shape index (κ1) is 23.6. The molecule has 0 heterocycles. The van der Waals surface area contributed by atoms with Gasteiger partial charge in [0.1, 0.15) is 8.80 Å². The Hall–Kier alpha value is 0.981. The van der Waals surface area contributed by atoms with Gasteiger partial charge in [-0.05, 0) is 20.8 Å². The van der Waals surface area contributed by atoms with Crippen LogP contribution in [0.1, 0.15) is 20.8 Å². The van der Waals surface area contributed by atoms with Crippen molar-refractivity contribution in [1.82, 2.24) is 5.32 Å². The van der Waals surface area contributed by atoms with Crippen LogP contribution in [0.25, 0.3) is 0 Å². The van der Waals surface area contributed by atoms with Crippen LogP contribution >= 0.6 is 0 Å². The molecule has 0 aromatic carbocycles. The van der Waals surface area contributed by atoms with Gasteiger partial charge in [0.15, 0.2) is 5.53 Å². The van der Waals surface area contributed by atoms with E-state index in [0.29, 0.717) is 0 Å². The molecule has 0 aliphatic rings. The Morgan fingerprint density at radius 2 is 1.46 bits per heavy atom. The summed E-state index contributed by atoms with van der Waals surface area (Å²) in [6.45, 7) is 10.1. The summed E-state index contributed by atoms with van der Waals surface area (Å²) in [4.78, 5) is 11.1. The van der Waals surface area contributed by atoms with E-state index in [2.05, 4.69) is 5.32 Å². The van der Waals surface area contributed by atoms with Gasteiger partial charge in [-0.15, -0.1) is 0 Å². The zero-order chi connectivity index (χ0) is 8.36. The number of hydrogen-bond donors (Lipinski definition) is 1. The first-order valence-electron chi connectivity index (χ1n) is 3.65. The predicted molar refractivity (Wildman–Crippen MR) is 47.2 cm³/mol. The van der Waals surface area contributed by atoms with Gasteiger partial charge in [-0.3, -0.25) is 4.79 Å². The molecule has 76 valence electrons. The first-order valence-corrected chi connectivity index (χ1v) is 6.53. The van der Waals surface area contributed by atoms with E-state index in [4.69, 9.17) is 0 Å². The number of carbonyl (C=O) groups excluding carboxylic acids is 1. The van der Waals surface area contributed by atoms with Crippen LogP contribution in [0, 0.1) is 0 Å². The summed E-state index contributed by atoms with van der Waals surface area (Å²) in [5.74, 6) is 0. The van der Waals surface area contributed by atoms with E-state index in [1.54, 1.807) is 0 Å². The Morgan fingerprint density at radius 3 is 1.54 bits per heavy atom. The van der Waals surface area contributed by atoms with Gasteiger partial charge in [0.25, 0.3) is 0 Å². The molecule has 0 aromatic heterocycles. The molecule has 0 rings (SSSR count). The molecule has 0 aromatic rings. The Balaban J connectivity index is -0.000000135. The zero-order valence-electron chi connectivity index (χ0n) is 8.74. The minimum absolute atomic E-state index is 0. The zero-order valence-corrected chi connectivity index (χ0v) is 13.0. The van der Waals surface area contributed by atoms with Gasteiger partial charge in [0.05, 0.1) is 0 Å². The fourth-order valence-corrected chi connectivity index (χ4v) is 1.24. The number of hydrogen-bond acceptors (Lipinski definition) is 1. The van der Waals surface area contributed by atoms with Crippen LogP contribution in [0.5, 0.6) is 0 Å². The van der Waals surface area contributed by atoms with E-state index in [0.717, 1.165) is 0 Å². The van der Waals surface area contributed by atoms with Crippen molar-refractivity contribution in [2.45, 2.75) is 39.4 Å². The van der Waals surface area contributed by atoms with Gasteiger partial charge in [0, 0.05) is 5.54 Å². The molecule has 0 saturated heterocycles. The van der Waals surface area contributed by atoms with Crippen molar-refractivity contribution in [3.8, 4) is 0 Å². The molecular formula is C7H17Cl2NOSiTi+2. The number of rotatable bonds is 1. The molecule has 1 N–H and O–H groups in total. The number of carbonyl (C=O) groups is 1. The molecule has 2 nitrogen and oxygen atoms in total. The standard InChI is InChI=1S/C7H17NOSi.2ClH.Ti/c1-7(2,3)8-6(9)10(4)5;;;/h10H,1-5H3,(H,8,9);2*1H;/q;;;+4/p-2. The summed E-state index contributed by atoms with van der Waals surface area (Å²) in [6, 6.07) is 0. The minimum Gasteiger partial charge on any atom is -1.00 e. The van der Waals surface area contributed by atoms with E-state index in [9.17, 15) is 4.79 Å². The van der Waals surface area contributed by atoms with Crippen LogP contribution in [0.4, 0.5) is 4.79 Å². The molecule has 0 atom stereocenters. The molecule has 0 radical (unpaired) electrons. The van der Waals surface area contributed by atoms with Gasteiger partial charge in [-0.25, -0.2) is 0 Å². The summed E-state index contributed by atoms with van der Waals surface area (Å²) >= 11 is 0. The molecule has 0 fully saturated rings. The summed E-state index contributed by atoms with van der Waals surface area (Å²) in [7, 11) is -1.11. The molecule has 0 bridgehead atoms. The van der Waals surface area contributed by atoms with Crippen molar-refractivity contribution in [3.63, 3.8) is 0 Å². The van der Waals surface area contributed by atoms with Gasteiger partial charge in [-0.2, -0.15) is 0 Å². The predicted octanol–water partition coefficient (Wildman–Crippen LogP) is -4.43. The second-order valence-corrected chi connectivity index (χ2v) is 6.73.